The molecule has 0 unspecified atom stereocenters. The lowest BCUT2D eigenvalue weighted by molar-refractivity contribution is -0.124. The number of benzene rings is 2. The molecule has 3 heteroatoms. The van der Waals surface area contributed by atoms with Crippen LogP contribution in [-0.2, 0) is 16.8 Å². The summed E-state index contributed by atoms with van der Waals surface area (Å²) in [7, 11) is 0. The van der Waals surface area contributed by atoms with E-state index < -0.39 is 0 Å². The van der Waals surface area contributed by atoms with Crippen molar-refractivity contribution in [3.63, 3.8) is 0 Å². The quantitative estimate of drug-likeness (QED) is 0.916. The molecule has 0 aliphatic heterocycles. The molecule has 0 radical (unpaired) electrons. The predicted octanol–water partition coefficient (Wildman–Crippen LogP) is 3.69. The lowest BCUT2D eigenvalue weighted by atomic mass is 9.71. The van der Waals surface area contributed by atoms with Gasteiger partial charge in [0.15, 0.2) is 0 Å². The summed E-state index contributed by atoms with van der Waals surface area (Å²) in [6.07, 6.45) is 4.35. The van der Waals surface area contributed by atoms with Gasteiger partial charge in [0.25, 0.3) is 0 Å². The third-order valence-corrected chi connectivity index (χ3v) is 4.64. The summed E-state index contributed by atoms with van der Waals surface area (Å²) in [4.78, 5) is 12.4. The van der Waals surface area contributed by atoms with Crippen LogP contribution in [-0.4, -0.2) is 5.91 Å². The summed E-state index contributed by atoms with van der Waals surface area (Å²) in [5.41, 5.74) is 2.78. The van der Waals surface area contributed by atoms with Crippen molar-refractivity contribution >= 4 is 5.91 Å². The molecule has 2 aromatic carbocycles. The Bertz CT molecular complexity index is 710. The number of carbonyl (C=O) groups excluding carboxylic acids is 1. The molecule has 0 saturated heterocycles. The molecule has 1 aliphatic carbocycles. The van der Waals surface area contributed by atoms with Crippen molar-refractivity contribution in [3.8, 4) is 6.07 Å². The second-order valence-corrected chi connectivity index (χ2v) is 6.16. The Balaban J connectivity index is 1.59. The Hall–Kier alpha value is -2.60. The van der Waals surface area contributed by atoms with Crippen LogP contribution in [0.15, 0.2) is 54.6 Å². The topological polar surface area (TPSA) is 52.9 Å². The molecule has 3 rings (SSSR count). The summed E-state index contributed by atoms with van der Waals surface area (Å²) in [6.45, 7) is 0. The molecule has 0 spiro atoms. The van der Waals surface area contributed by atoms with Crippen molar-refractivity contribution < 1.29 is 4.79 Å². The third kappa shape index (κ3) is 3.43. The number of carbonyl (C=O) groups is 1. The molecule has 0 heterocycles. The fraction of sp³-hybridized carbons (Fsp3) is 0.300. The molecule has 1 fully saturated rings. The first-order chi connectivity index (χ1) is 11.2. The van der Waals surface area contributed by atoms with Crippen LogP contribution >= 0.6 is 0 Å². The minimum Gasteiger partial charge on any atom is -0.347 e. The van der Waals surface area contributed by atoms with Crippen molar-refractivity contribution in [1.82, 2.24) is 5.32 Å². The number of nitriles is 1. The van der Waals surface area contributed by atoms with Crippen LogP contribution in [0.3, 0.4) is 0 Å². The van der Waals surface area contributed by atoms with Crippen LogP contribution in [0.25, 0.3) is 0 Å². The fourth-order valence-electron chi connectivity index (χ4n) is 3.11. The summed E-state index contributed by atoms with van der Waals surface area (Å²) in [5, 5.41) is 12.0. The molecular weight excluding hydrogens is 284 g/mol. The van der Waals surface area contributed by atoms with Crippen LogP contribution in [0, 0.1) is 11.3 Å². The maximum Gasteiger partial charge on any atom is 0.221 e. The van der Waals surface area contributed by atoms with E-state index in [2.05, 4.69) is 23.5 Å². The normalized spacial score (nSPS) is 15.3. The number of nitrogens with one attached hydrogen (secondary N) is 1. The highest BCUT2D eigenvalue weighted by Gasteiger charge is 2.39. The van der Waals surface area contributed by atoms with E-state index in [9.17, 15) is 4.79 Å². The van der Waals surface area contributed by atoms with E-state index in [4.69, 9.17) is 5.26 Å². The average Bonchev–Trinajstić information content (AvgIpc) is 2.57. The van der Waals surface area contributed by atoms with Crippen molar-refractivity contribution in [2.45, 2.75) is 37.6 Å². The fourth-order valence-corrected chi connectivity index (χ4v) is 3.11. The highest BCUT2D eigenvalue weighted by Crippen LogP contribution is 2.41. The van der Waals surface area contributed by atoms with E-state index >= 15 is 0 Å². The van der Waals surface area contributed by atoms with Gasteiger partial charge in [0, 0.05) is 6.42 Å². The maximum atomic E-state index is 12.4. The van der Waals surface area contributed by atoms with Gasteiger partial charge >= 0.3 is 0 Å². The smallest absolute Gasteiger partial charge is 0.221 e. The van der Waals surface area contributed by atoms with E-state index in [0.717, 1.165) is 24.8 Å². The molecule has 0 bridgehead atoms. The average molecular weight is 304 g/mol. The minimum absolute atomic E-state index is 0.0953. The number of aryl methyl sites for hydroxylation is 1. The number of nitrogens with zero attached hydrogens (tertiary/aromatic N) is 1. The predicted molar refractivity (Wildman–Crippen MR) is 89.6 cm³/mol. The number of hydrogen-bond donors (Lipinski definition) is 1. The molecule has 1 amide bonds. The van der Waals surface area contributed by atoms with Crippen LogP contribution in [0.5, 0.6) is 0 Å². The van der Waals surface area contributed by atoms with Gasteiger partial charge in [0.2, 0.25) is 5.91 Å². The van der Waals surface area contributed by atoms with Gasteiger partial charge in [0.05, 0.1) is 17.2 Å². The summed E-state index contributed by atoms with van der Waals surface area (Å²) in [5.74, 6) is 0.0953. The highest BCUT2D eigenvalue weighted by atomic mass is 16.1. The Morgan fingerprint density at radius 1 is 1.09 bits per heavy atom. The molecule has 0 aromatic heterocycles. The van der Waals surface area contributed by atoms with Crippen LogP contribution in [0.4, 0.5) is 0 Å². The monoisotopic (exact) mass is 304 g/mol. The molecule has 0 atom stereocenters. The van der Waals surface area contributed by atoms with Crippen LogP contribution in [0.2, 0.25) is 0 Å². The maximum absolute atomic E-state index is 12.4. The molecule has 1 aliphatic rings. The molecular formula is C20H20N2O. The van der Waals surface area contributed by atoms with Gasteiger partial charge < -0.3 is 5.32 Å². The molecule has 23 heavy (non-hydrogen) atoms. The van der Waals surface area contributed by atoms with Crippen LogP contribution in [0.1, 0.15) is 42.4 Å². The van der Waals surface area contributed by atoms with Crippen molar-refractivity contribution in [2.75, 3.05) is 0 Å². The van der Waals surface area contributed by atoms with Gasteiger partial charge in [-0.2, -0.15) is 5.26 Å². The number of amides is 1. The van der Waals surface area contributed by atoms with Gasteiger partial charge in [-0.3, -0.25) is 4.79 Å². The Labute approximate surface area is 137 Å². The van der Waals surface area contributed by atoms with E-state index in [0.29, 0.717) is 18.4 Å². The Morgan fingerprint density at radius 2 is 1.78 bits per heavy atom. The third-order valence-electron chi connectivity index (χ3n) is 4.64. The zero-order valence-corrected chi connectivity index (χ0v) is 13.1. The van der Waals surface area contributed by atoms with Gasteiger partial charge in [-0.15, -0.1) is 0 Å². The molecule has 3 nitrogen and oxygen atoms in total. The lowest BCUT2D eigenvalue weighted by Crippen LogP contribution is -2.50. The van der Waals surface area contributed by atoms with Crippen molar-refractivity contribution in [1.29, 1.82) is 5.26 Å². The number of rotatable bonds is 5. The first-order valence-electron chi connectivity index (χ1n) is 8.07. The second kappa shape index (κ2) is 6.66. The van der Waals surface area contributed by atoms with Gasteiger partial charge in [-0.25, -0.2) is 0 Å². The standard InChI is InChI=1S/C20H20N2O/c21-15-17-9-7-16(8-10-17)11-12-19(23)22-20(13-4-14-20)18-5-2-1-3-6-18/h1-3,5-10H,4,11-14H2,(H,22,23). The van der Waals surface area contributed by atoms with E-state index in [-0.39, 0.29) is 11.4 Å². The first-order valence-corrected chi connectivity index (χ1v) is 8.07. The van der Waals surface area contributed by atoms with Gasteiger partial charge in [0.1, 0.15) is 0 Å². The molecule has 2 aromatic rings. The highest BCUT2D eigenvalue weighted by molar-refractivity contribution is 5.77. The lowest BCUT2D eigenvalue weighted by Gasteiger charge is -2.43. The number of hydrogen-bond acceptors (Lipinski definition) is 2. The molecule has 116 valence electrons. The SMILES string of the molecule is N#Cc1ccc(CCC(=O)NC2(c3ccccc3)CCC2)cc1. The minimum atomic E-state index is -0.164. The summed E-state index contributed by atoms with van der Waals surface area (Å²) in [6, 6.07) is 19.8. The van der Waals surface area contributed by atoms with E-state index in [1.165, 1.54) is 5.56 Å². The summed E-state index contributed by atoms with van der Waals surface area (Å²) < 4.78 is 0. The second-order valence-electron chi connectivity index (χ2n) is 6.16. The first kappa shape index (κ1) is 15.3. The molecule has 1 N–H and O–H groups in total. The Kier molecular flexibility index (Phi) is 4.43. The molecule has 1 saturated carbocycles. The van der Waals surface area contributed by atoms with Gasteiger partial charge in [-0.05, 0) is 48.9 Å². The largest absolute Gasteiger partial charge is 0.347 e. The zero-order valence-electron chi connectivity index (χ0n) is 13.1. The van der Waals surface area contributed by atoms with E-state index in [1.54, 1.807) is 12.1 Å². The zero-order chi connectivity index (χ0) is 16.1. The van der Waals surface area contributed by atoms with Crippen LogP contribution < -0.4 is 5.32 Å². The van der Waals surface area contributed by atoms with Crippen molar-refractivity contribution in [3.05, 3.63) is 71.3 Å². The Morgan fingerprint density at radius 3 is 2.35 bits per heavy atom. The van der Waals surface area contributed by atoms with E-state index in [1.807, 2.05) is 30.3 Å². The summed E-state index contributed by atoms with van der Waals surface area (Å²) >= 11 is 0. The van der Waals surface area contributed by atoms with Gasteiger partial charge in [-0.1, -0.05) is 42.5 Å². The van der Waals surface area contributed by atoms with Crippen molar-refractivity contribution in [2.24, 2.45) is 0 Å².